The van der Waals surface area contributed by atoms with Gasteiger partial charge in [0.2, 0.25) is 0 Å². The molecular weight excluding hydrogens is 745 g/mol. The van der Waals surface area contributed by atoms with Crippen LogP contribution in [0.15, 0.2) is 195 Å². The molecule has 61 heavy (non-hydrogen) atoms. The Kier molecular flexibility index (Phi) is 6.97. The van der Waals surface area contributed by atoms with Gasteiger partial charge in [0.05, 0.1) is 68.2 Å². The quantitative estimate of drug-likeness (QED) is 0.179. The molecule has 13 rings (SSSR count). The molecule has 0 fully saturated rings. The molecule has 6 heterocycles. The molecule has 0 saturated carbocycles. The van der Waals surface area contributed by atoms with Crippen molar-refractivity contribution in [2.24, 2.45) is 0 Å². The number of benzene rings is 7. The predicted molar refractivity (Wildman–Crippen MR) is 252 cm³/mol. The first kappa shape index (κ1) is 34.0. The first-order valence-electron chi connectivity index (χ1n) is 20.9. The fourth-order valence-corrected chi connectivity index (χ4v) is 10.5. The van der Waals surface area contributed by atoms with E-state index in [1.54, 1.807) is 0 Å². The summed E-state index contributed by atoms with van der Waals surface area (Å²) < 4.78 is 7.25. The van der Waals surface area contributed by atoms with Crippen LogP contribution in [0.1, 0.15) is 25.0 Å². The van der Waals surface area contributed by atoms with Crippen molar-refractivity contribution in [1.29, 1.82) is 0 Å². The molecule has 12 aromatic rings. The van der Waals surface area contributed by atoms with Crippen LogP contribution in [0.3, 0.4) is 0 Å². The molecule has 6 heteroatoms. The SMILES string of the molecule is CC1(C)c2ccccc2N(c2cc(-n3c4ccccc4c4ccccc43)c(-n3c4ccccc4c4cc(-n5c6ccccc6c6ccccc65)ccc43)cn2)c2cnccc21. The summed E-state index contributed by atoms with van der Waals surface area (Å²) >= 11 is 0. The van der Waals surface area contributed by atoms with E-state index in [1.165, 1.54) is 54.5 Å². The van der Waals surface area contributed by atoms with Crippen molar-refractivity contribution in [1.82, 2.24) is 23.7 Å². The lowest BCUT2D eigenvalue weighted by Gasteiger charge is -2.41. The van der Waals surface area contributed by atoms with Crippen molar-refractivity contribution >= 4 is 82.6 Å². The second kappa shape index (κ2) is 12.5. The molecule has 0 N–H and O–H groups in total. The Labute approximate surface area is 351 Å². The van der Waals surface area contributed by atoms with Crippen LogP contribution < -0.4 is 4.90 Å². The predicted octanol–water partition coefficient (Wildman–Crippen LogP) is 13.9. The minimum atomic E-state index is -0.220. The third-order valence-corrected chi connectivity index (χ3v) is 13.2. The maximum absolute atomic E-state index is 5.43. The van der Waals surface area contributed by atoms with Crippen molar-refractivity contribution in [3.05, 3.63) is 206 Å². The second-order valence-electron chi connectivity index (χ2n) is 16.7. The lowest BCUT2D eigenvalue weighted by atomic mass is 9.74. The van der Waals surface area contributed by atoms with Crippen LogP contribution in [-0.4, -0.2) is 23.7 Å². The van der Waals surface area contributed by atoms with E-state index in [-0.39, 0.29) is 5.41 Å². The van der Waals surface area contributed by atoms with E-state index in [2.05, 4.69) is 220 Å². The maximum Gasteiger partial charge on any atom is 0.139 e. The molecule has 1 aliphatic heterocycles. The van der Waals surface area contributed by atoms with E-state index in [9.17, 15) is 0 Å². The number of rotatable bonds is 4. The first-order valence-corrected chi connectivity index (χ1v) is 20.9. The van der Waals surface area contributed by atoms with Crippen LogP contribution in [0.5, 0.6) is 0 Å². The van der Waals surface area contributed by atoms with E-state index >= 15 is 0 Å². The Morgan fingerprint density at radius 2 is 0.852 bits per heavy atom. The lowest BCUT2D eigenvalue weighted by Crippen LogP contribution is -2.31. The van der Waals surface area contributed by atoms with E-state index in [4.69, 9.17) is 4.98 Å². The van der Waals surface area contributed by atoms with Gasteiger partial charge in [-0.1, -0.05) is 123 Å². The van der Waals surface area contributed by atoms with Gasteiger partial charge in [-0.2, -0.15) is 0 Å². The van der Waals surface area contributed by atoms with Crippen LogP contribution in [-0.2, 0) is 5.41 Å². The largest absolute Gasteiger partial charge is 0.309 e. The van der Waals surface area contributed by atoms with E-state index in [0.29, 0.717) is 0 Å². The van der Waals surface area contributed by atoms with Crippen molar-refractivity contribution in [3.63, 3.8) is 0 Å². The average Bonchev–Trinajstić information content (AvgIpc) is 3.95. The highest BCUT2D eigenvalue weighted by Crippen LogP contribution is 2.52. The molecule has 0 unspecified atom stereocenters. The average molecular weight is 783 g/mol. The van der Waals surface area contributed by atoms with Gasteiger partial charge in [-0.15, -0.1) is 0 Å². The fraction of sp³-hybridized carbons (Fsp3) is 0.0545. The minimum absolute atomic E-state index is 0.220. The third kappa shape index (κ3) is 4.67. The van der Waals surface area contributed by atoms with E-state index < -0.39 is 0 Å². The Morgan fingerprint density at radius 3 is 1.46 bits per heavy atom. The zero-order chi connectivity index (χ0) is 40.4. The van der Waals surface area contributed by atoms with E-state index in [1.807, 2.05) is 12.4 Å². The Bertz CT molecular complexity index is 3610. The number of anilines is 3. The summed E-state index contributed by atoms with van der Waals surface area (Å²) in [7, 11) is 0. The van der Waals surface area contributed by atoms with Gasteiger partial charge >= 0.3 is 0 Å². The molecule has 0 atom stereocenters. The van der Waals surface area contributed by atoms with Gasteiger partial charge in [-0.05, 0) is 71.8 Å². The molecule has 1 aliphatic rings. The van der Waals surface area contributed by atoms with Gasteiger partial charge in [0, 0.05) is 55.7 Å². The Balaban J connectivity index is 1.12. The van der Waals surface area contributed by atoms with Crippen molar-refractivity contribution < 1.29 is 0 Å². The van der Waals surface area contributed by atoms with Gasteiger partial charge in [0.1, 0.15) is 5.82 Å². The maximum atomic E-state index is 5.43. The first-order chi connectivity index (χ1) is 30.1. The number of fused-ring (bicyclic) bond motifs is 11. The van der Waals surface area contributed by atoms with Crippen LogP contribution in [0.25, 0.3) is 82.5 Å². The molecule has 0 amide bonds. The number of pyridine rings is 2. The number of aromatic nitrogens is 5. The van der Waals surface area contributed by atoms with Crippen molar-refractivity contribution in [3.8, 4) is 17.1 Å². The minimum Gasteiger partial charge on any atom is -0.309 e. The summed E-state index contributed by atoms with van der Waals surface area (Å²) in [5.41, 5.74) is 14.4. The standard InChI is InChI=1S/C55H38N6/c1-55(2)42-20-8-14-26-50(42)61(52-33-56-30-29-43(52)55)54-32-51(59-46-23-11-5-17-38(46)39-18-6-12-24-47(39)59)53(34-57-54)60-48-25-13-7-19-40(48)41-31-35(27-28-49(41)60)58-44-21-9-3-15-36(44)37-16-4-10-22-45(37)58/h3-34H,1-2H3. The number of hydrogen-bond donors (Lipinski definition) is 0. The summed E-state index contributed by atoms with van der Waals surface area (Å²) in [5.74, 6) is 0.826. The highest BCUT2D eigenvalue weighted by atomic mass is 15.2. The van der Waals surface area contributed by atoms with Gasteiger partial charge in [0.15, 0.2) is 0 Å². The van der Waals surface area contributed by atoms with Gasteiger partial charge in [0.25, 0.3) is 0 Å². The second-order valence-corrected chi connectivity index (χ2v) is 16.7. The summed E-state index contributed by atoms with van der Waals surface area (Å²) in [5, 5.41) is 7.28. The molecular formula is C55H38N6. The summed E-state index contributed by atoms with van der Waals surface area (Å²) in [6.07, 6.45) is 5.98. The van der Waals surface area contributed by atoms with Gasteiger partial charge in [-0.25, -0.2) is 4.98 Å². The molecule has 0 saturated heterocycles. The Hall–Kier alpha value is -7.96. The topological polar surface area (TPSA) is 43.8 Å². The molecule has 6 nitrogen and oxygen atoms in total. The Morgan fingerprint density at radius 1 is 0.377 bits per heavy atom. The third-order valence-electron chi connectivity index (χ3n) is 13.2. The van der Waals surface area contributed by atoms with Crippen LogP contribution in [0.4, 0.5) is 17.2 Å². The van der Waals surface area contributed by atoms with Crippen LogP contribution in [0.2, 0.25) is 0 Å². The van der Waals surface area contributed by atoms with Gasteiger partial charge in [-0.3, -0.25) is 9.88 Å². The molecule has 0 aliphatic carbocycles. The molecule has 0 spiro atoms. The normalized spacial score (nSPS) is 13.5. The van der Waals surface area contributed by atoms with Crippen LogP contribution in [0, 0.1) is 0 Å². The zero-order valence-corrected chi connectivity index (χ0v) is 33.7. The van der Waals surface area contributed by atoms with E-state index in [0.717, 1.165) is 56.3 Å². The smallest absolute Gasteiger partial charge is 0.139 e. The number of hydrogen-bond acceptors (Lipinski definition) is 3. The van der Waals surface area contributed by atoms with Crippen LogP contribution >= 0.6 is 0 Å². The monoisotopic (exact) mass is 782 g/mol. The molecule has 0 radical (unpaired) electrons. The highest BCUT2D eigenvalue weighted by molar-refractivity contribution is 6.13. The molecule has 288 valence electrons. The highest BCUT2D eigenvalue weighted by Gasteiger charge is 2.37. The molecule has 5 aromatic heterocycles. The lowest BCUT2D eigenvalue weighted by molar-refractivity contribution is 0.630. The molecule has 0 bridgehead atoms. The summed E-state index contributed by atoms with van der Waals surface area (Å²) in [4.78, 5) is 12.4. The number of para-hydroxylation sites is 6. The fourth-order valence-electron chi connectivity index (χ4n) is 10.5. The summed E-state index contributed by atoms with van der Waals surface area (Å²) in [6.45, 7) is 4.61. The molecule has 7 aromatic carbocycles. The van der Waals surface area contributed by atoms with Crippen molar-refractivity contribution in [2.45, 2.75) is 19.3 Å². The summed E-state index contributed by atoms with van der Waals surface area (Å²) in [6, 6.07) is 63.8. The number of nitrogens with zero attached hydrogens (tertiary/aromatic N) is 6. The van der Waals surface area contributed by atoms with Gasteiger partial charge < -0.3 is 13.7 Å². The van der Waals surface area contributed by atoms with Crippen molar-refractivity contribution in [2.75, 3.05) is 4.90 Å². The zero-order valence-electron chi connectivity index (χ0n) is 33.7.